The summed E-state index contributed by atoms with van der Waals surface area (Å²) in [4.78, 5) is 32.0. The average molecular weight is 338 g/mol. The van der Waals surface area contributed by atoms with Gasteiger partial charge < -0.3 is 14.5 Å². The Morgan fingerprint density at radius 2 is 1.68 bits per heavy atom. The molecule has 2 aromatic heterocycles. The Morgan fingerprint density at radius 3 is 2.44 bits per heavy atom. The van der Waals surface area contributed by atoms with Crippen LogP contribution in [0.2, 0.25) is 0 Å². The minimum atomic E-state index is -0.744. The molecule has 2 aromatic carbocycles. The SMILES string of the molecule is Cc1ccc(-c2noc(-c3ccc4[nH]c(=O)c(=O)[nH]c4c3)n2)cc1F. The summed E-state index contributed by atoms with van der Waals surface area (Å²) < 4.78 is 18.9. The van der Waals surface area contributed by atoms with Gasteiger partial charge in [0.05, 0.1) is 11.0 Å². The maximum atomic E-state index is 13.7. The molecule has 0 atom stereocenters. The molecule has 0 saturated carbocycles. The highest BCUT2D eigenvalue weighted by Crippen LogP contribution is 2.24. The zero-order valence-electron chi connectivity index (χ0n) is 13.0. The van der Waals surface area contributed by atoms with E-state index in [0.29, 0.717) is 27.7 Å². The number of halogens is 1. The molecule has 4 aromatic rings. The van der Waals surface area contributed by atoms with Gasteiger partial charge in [0.25, 0.3) is 5.89 Å². The summed E-state index contributed by atoms with van der Waals surface area (Å²) in [5, 5.41) is 3.86. The molecule has 7 nitrogen and oxygen atoms in total. The van der Waals surface area contributed by atoms with E-state index in [1.54, 1.807) is 37.3 Å². The van der Waals surface area contributed by atoms with E-state index in [1.165, 1.54) is 6.07 Å². The lowest BCUT2D eigenvalue weighted by Gasteiger charge is -1.99. The molecule has 4 rings (SSSR count). The molecule has 0 amide bonds. The molecule has 0 aliphatic carbocycles. The number of aromatic amines is 2. The van der Waals surface area contributed by atoms with Gasteiger partial charge >= 0.3 is 11.1 Å². The lowest BCUT2D eigenvalue weighted by atomic mass is 10.1. The summed E-state index contributed by atoms with van der Waals surface area (Å²) in [5.74, 6) is 0.116. The minimum Gasteiger partial charge on any atom is -0.334 e. The number of benzene rings is 2. The van der Waals surface area contributed by atoms with Crippen molar-refractivity contribution in [2.24, 2.45) is 0 Å². The van der Waals surface area contributed by atoms with Gasteiger partial charge in [-0.25, -0.2) is 4.39 Å². The number of hydrogen-bond donors (Lipinski definition) is 2. The maximum absolute atomic E-state index is 13.7. The molecule has 0 aliphatic rings. The van der Waals surface area contributed by atoms with Gasteiger partial charge in [-0.2, -0.15) is 4.98 Å². The van der Waals surface area contributed by atoms with Crippen LogP contribution in [0.15, 0.2) is 50.5 Å². The van der Waals surface area contributed by atoms with Crippen molar-refractivity contribution in [1.82, 2.24) is 20.1 Å². The van der Waals surface area contributed by atoms with E-state index >= 15 is 0 Å². The number of nitrogens with one attached hydrogen (secondary N) is 2. The number of aromatic nitrogens is 4. The molecular weight excluding hydrogens is 327 g/mol. The van der Waals surface area contributed by atoms with Crippen molar-refractivity contribution < 1.29 is 8.91 Å². The molecule has 124 valence electrons. The van der Waals surface area contributed by atoms with Crippen molar-refractivity contribution in [2.75, 3.05) is 0 Å². The number of hydrogen-bond acceptors (Lipinski definition) is 5. The molecule has 2 heterocycles. The van der Waals surface area contributed by atoms with Crippen LogP contribution >= 0.6 is 0 Å². The number of H-pyrrole nitrogens is 2. The first-order chi connectivity index (χ1) is 12.0. The molecule has 0 spiro atoms. The second-order valence-corrected chi connectivity index (χ2v) is 5.56. The average Bonchev–Trinajstić information content (AvgIpc) is 3.08. The summed E-state index contributed by atoms with van der Waals surface area (Å²) in [6.45, 7) is 1.67. The van der Waals surface area contributed by atoms with Gasteiger partial charge in [0.2, 0.25) is 5.82 Å². The second kappa shape index (κ2) is 5.52. The largest absolute Gasteiger partial charge is 0.334 e. The van der Waals surface area contributed by atoms with Crippen LogP contribution in [0.3, 0.4) is 0 Å². The third-order valence-corrected chi connectivity index (χ3v) is 3.83. The maximum Gasteiger partial charge on any atom is 0.314 e. The fourth-order valence-corrected chi connectivity index (χ4v) is 2.44. The smallest absolute Gasteiger partial charge is 0.314 e. The Bertz CT molecular complexity index is 1220. The van der Waals surface area contributed by atoms with Crippen LogP contribution in [-0.4, -0.2) is 20.1 Å². The Hall–Kier alpha value is -3.55. The van der Waals surface area contributed by atoms with E-state index in [2.05, 4.69) is 20.1 Å². The van der Waals surface area contributed by atoms with E-state index in [1.807, 2.05) is 0 Å². The quantitative estimate of drug-likeness (QED) is 0.546. The predicted octanol–water partition coefficient (Wildman–Crippen LogP) is 2.38. The van der Waals surface area contributed by atoms with Crippen molar-refractivity contribution >= 4 is 11.0 Å². The first-order valence-corrected chi connectivity index (χ1v) is 7.38. The van der Waals surface area contributed by atoms with Gasteiger partial charge in [-0.1, -0.05) is 17.3 Å². The third kappa shape index (κ3) is 2.63. The van der Waals surface area contributed by atoms with Crippen LogP contribution in [0, 0.1) is 12.7 Å². The monoisotopic (exact) mass is 338 g/mol. The van der Waals surface area contributed by atoms with Crippen molar-refractivity contribution in [1.29, 1.82) is 0 Å². The lowest BCUT2D eigenvalue weighted by molar-refractivity contribution is 0.432. The van der Waals surface area contributed by atoms with Gasteiger partial charge in [0.15, 0.2) is 0 Å². The van der Waals surface area contributed by atoms with Crippen LogP contribution in [0.4, 0.5) is 4.39 Å². The summed E-state index contributed by atoms with van der Waals surface area (Å²) in [6, 6.07) is 9.58. The van der Waals surface area contributed by atoms with Gasteiger partial charge in [-0.15, -0.1) is 0 Å². The number of aryl methyl sites for hydroxylation is 1. The topological polar surface area (TPSA) is 105 Å². The molecule has 0 saturated heterocycles. The standard InChI is InChI=1S/C17H11FN4O3/c1-8-2-3-9(6-11(8)18)14-21-17(25-22-14)10-4-5-12-13(7-10)20-16(24)15(23)19-12/h2-7H,1H3,(H,19,23)(H,20,24). The van der Waals surface area contributed by atoms with E-state index in [-0.39, 0.29) is 17.5 Å². The van der Waals surface area contributed by atoms with E-state index in [4.69, 9.17) is 4.52 Å². The number of rotatable bonds is 2. The molecule has 0 bridgehead atoms. The predicted molar refractivity (Wildman–Crippen MR) is 88.6 cm³/mol. The second-order valence-electron chi connectivity index (χ2n) is 5.56. The molecular formula is C17H11FN4O3. The van der Waals surface area contributed by atoms with Crippen molar-refractivity contribution in [2.45, 2.75) is 6.92 Å². The first-order valence-electron chi connectivity index (χ1n) is 7.38. The van der Waals surface area contributed by atoms with Gasteiger partial charge in [-0.05, 0) is 36.8 Å². The van der Waals surface area contributed by atoms with E-state index in [9.17, 15) is 14.0 Å². The zero-order valence-corrected chi connectivity index (χ0v) is 13.0. The van der Waals surface area contributed by atoms with Gasteiger partial charge in [0.1, 0.15) is 5.82 Å². The lowest BCUT2D eigenvalue weighted by Crippen LogP contribution is -2.28. The number of fused-ring (bicyclic) bond motifs is 1. The summed E-state index contributed by atoms with van der Waals surface area (Å²) in [7, 11) is 0. The number of nitrogens with zero attached hydrogens (tertiary/aromatic N) is 2. The fraction of sp³-hybridized carbons (Fsp3) is 0.0588. The van der Waals surface area contributed by atoms with E-state index < -0.39 is 11.1 Å². The summed E-state index contributed by atoms with van der Waals surface area (Å²) in [6.07, 6.45) is 0. The summed E-state index contributed by atoms with van der Waals surface area (Å²) in [5.41, 5.74) is 1.03. The van der Waals surface area contributed by atoms with Gasteiger partial charge in [-0.3, -0.25) is 9.59 Å². The molecule has 0 unspecified atom stereocenters. The zero-order chi connectivity index (χ0) is 17.6. The molecule has 0 radical (unpaired) electrons. The van der Waals surface area contributed by atoms with Crippen LogP contribution in [0.5, 0.6) is 0 Å². The van der Waals surface area contributed by atoms with Crippen molar-refractivity contribution in [3.8, 4) is 22.8 Å². The normalized spacial score (nSPS) is 11.1. The Morgan fingerprint density at radius 1 is 0.960 bits per heavy atom. The molecule has 0 aliphatic heterocycles. The molecule has 8 heteroatoms. The first kappa shape index (κ1) is 15.0. The molecule has 2 N–H and O–H groups in total. The van der Waals surface area contributed by atoms with E-state index in [0.717, 1.165) is 0 Å². The highest BCUT2D eigenvalue weighted by atomic mass is 19.1. The third-order valence-electron chi connectivity index (χ3n) is 3.83. The molecule has 0 fully saturated rings. The Kier molecular flexibility index (Phi) is 3.31. The van der Waals surface area contributed by atoms with Gasteiger partial charge in [0, 0.05) is 11.1 Å². The molecule has 25 heavy (non-hydrogen) atoms. The fourth-order valence-electron chi connectivity index (χ4n) is 2.44. The Balaban J connectivity index is 1.78. The summed E-state index contributed by atoms with van der Waals surface area (Å²) >= 11 is 0. The van der Waals surface area contributed by atoms with Crippen LogP contribution in [-0.2, 0) is 0 Å². The van der Waals surface area contributed by atoms with Crippen LogP contribution < -0.4 is 11.1 Å². The highest BCUT2D eigenvalue weighted by Gasteiger charge is 2.13. The van der Waals surface area contributed by atoms with Crippen molar-refractivity contribution in [3.05, 3.63) is 68.5 Å². The van der Waals surface area contributed by atoms with Crippen LogP contribution in [0.25, 0.3) is 33.9 Å². The van der Waals surface area contributed by atoms with Crippen LogP contribution in [0.1, 0.15) is 5.56 Å². The van der Waals surface area contributed by atoms with Crippen molar-refractivity contribution in [3.63, 3.8) is 0 Å². The minimum absolute atomic E-state index is 0.213. The Labute approximate surface area is 139 Å². The highest BCUT2D eigenvalue weighted by molar-refractivity contribution is 5.79.